The van der Waals surface area contributed by atoms with E-state index in [9.17, 15) is 14.4 Å². The maximum absolute atomic E-state index is 12.5. The third-order valence-electron chi connectivity index (χ3n) is 5.40. The van der Waals surface area contributed by atoms with Gasteiger partial charge in [0.25, 0.3) is 5.56 Å². The predicted molar refractivity (Wildman–Crippen MR) is 121 cm³/mol. The van der Waals surface area contributed by atoms with E-state index < -0.39 is 12.0 Å². The molecular formula is C24H24N4O4. The lowest BCUT2D eigenvalue weighted by molar-refractivity contribution is -0.145. The van der Waals surface area contributed by atoms with E-state index in [0.717, 1.165) is 16.5 Å². The van der Waals surface area contributed by atoms with Crippen molar-refractivity contribution in [2.24, 2.45) is 0 Å². The molecule has 0 bridgehead atoms. The maximum Gasteiger partial charge on any atom is 0.328 e. The lowest BCUT2D eigenvalue weighted by atomic mass is 10.0. The number of hydrogen-bond acceptors (Lipinski definition) is 5. The highest BCUT2D eigenvalue weighted by atomic mass is 16.5. The van der Waals surface area contributed by atoms with Crippen LogP contribution in [-0.2, 0) is 27.2 Å². The number of methoxy groups -OCH3 is 1. The molecule has 4 aromatic rings. The molecule has 0 unspecified atom stereocenters. The first-order valence-corrected chi connectivity index (χ1v) is 10.5. The first-order valence-electron chi connectivity index (χ1n) is 10.5. The molecule has 0 fully saturated rings. The van der Waals surface area contributed by atoms with Crippen molar-refractivity contribution in [1.29, 1.82) is 0 Å². The minimum Gasteiger partial charge on any atom is -0.467 e. The fraction of sp³-hybridized carbons (Fsp3) is 0.250. The maximum atomic E-state index is 12.5. The van der Waals surface area contributed by atoms with Crippen LogP contribution in [0.25, 0.3) is 21.8 Å². The molecule has 0 saturated heterocycles. The first-order chi connectivity index (χ1) is 15.5. The molecule has 32 heavy (non-hydrogen) atoms. The molecule has 2 aromatic carbocycles. The Morgan fingerprint density at radius 3 is 2.66 bits per heavy atom. The molecule has 8 heteroatoms. The van der Waals surface area contributed by atoms with Crippen LogP contribution >= 0.6 is 0 Å². The van der Waals surface area contributed by atoms with Gasteiger partial charge >= 0.3 is 5.97 Å². The zero-order valence-electron chi connectivity index (χ0n) is 17.7. The number of hydrogen-bond donors (Lipinski definition) is 3. The average molecular weight is 432 g/mol. The van der Waals surface area contributed by atoms with Crippen LogP contribution in [0.5, 0.6) is 0 Å². The van der Waals surface area contributed by atoms with Gasteiger partial charge < -0.3 is 20.0 Å². The Labute approximate surface area is 184 Å². The lowest BCUT2D eigenvalue weighted by Crippen LogP contribution is -2.43. The number of aromatic nitrogens is 3. The van der Waals surface area contributed by atoms with Gasteiger partial charge in [-0.25, -0.2) is 9.78 Å². The average Bonchev–Trinajstić information content (AvgIpc) is 3.21. The SMILES string of the molecule is COC(=O)[C@H](Cc1c[nH]c2ccccc12)NC(=O)CCCc1nc2ccccc2c(=O)[nH]1. The molecule has 0 aliphatic rings. The van der Waals surface area contributed by atoms with Crippen molar-refractivity contribution in [1.82, 2.24) is 20.3 Å². The van der Waals surface area contributed by atoms with Gasteiger partial charge in [0.2, 0.25) is 5.91 Å². The van der Waals surface area contributed by atoms with Crippen molar-refractivity contribution in [2.75, 3.05) is 7.11 Å². The van der Waals surface area contributed by atoms with Crippen LogP contribution in [0.4, 0.5) is 0 Å². The number of esters is 1. The van der Waals surface area contributed by atoms with Gasteiger partial charge in [0.05, 0.1) is 18.0 Å². The van der Waals surface area contributed by atoms with E-state index in [0.29, 0.717) is 36.0 Å². The molecule has 0 aliphatic carbocycles. The molecule has 164 valence electrons. The fourth-order valence-corrected chi connectivity index (χ4v) is 3.79. The molecule has 1 atom stereocenters. The van der Waals surface area contributed by atoms with Gasteiger partial charge in [0, 0.05) is 36.4 Å². The summed E-state index contributed by atoms with van der Waals surface area (Å²) in [5.41, 5.74) is 2.32. The van der Waals surface area contributed by atoms with Gasteiger partial charge in [-0.2, -0.15) is 0 Å². The number of ether oxygens (including phenoxy) is 1. The van der Waals surface area contributed by atoms with Crippen LogP contribution in [0.3, 0.4) is 0 Å². The third-order valence-corrected chi connectivity index (χ3v) is 5.40. The van der Waals surface area contributed by atoms with E-state index in [1.165, 1.54) is 7.11 Å². The number of nitrogens with one attached hydrogen (secondary N) is 3. The molecule has 4 rings (SSSR count). The zero-order valence-corrected chi connectivity index (χ0v) is 17.7. The Morgan fingerprint density at radius 2 is 1.84 bits per heavy atom. The number of nitrogens with zero attached hydrogens (tertiary/aromatic N) is 1. The molecule has 0 spiro atoms. The third kappa shape index (κ3) is 4.69. The van der Waals surface area contributed by atoms with E-state index in [1.807, 2.05) is 36.5 Å². The van der Waals surface area contributed by atoms with E-state index in [-0.39, 0.29) is 17.9 Å². The number of amides is 1. The van der Waals surface area contributed by atoms with Crippen molar-refractivity contribution in [3.8, 4) is 0 Å². The second-order valence-corrected chi connectivity index (χ2v) is 7.59. The highest BCUT2D eigenvalue weighted by Gasteiger charge is 2.23. The van der Waals surface area contributed by atoms with Crippen LogP contribution in [-0.4, -0.2) is 40.0 Å². The lowest BCUT2D eigenvalue weighted by Gasteiger charge is -2.16. The highest BCUT2D eigenvalue weighted by Crippen LogP contribution is 2.19. The molecule has 2 heterocycles. The van der Waals surface area contributed by atoms with Gasteiger partial charge in [0.1, 0.15) is 11.9 Å². The van der Waals surface area contributed by atoms with Crippen LogP contribution < -0.4 is 10.9 Å². The minimum absolute atomic E-state index is 0.192. The molecule has 0 aliphatic heterocycles. The van der Waals surface area contributed by atoms with Crippen LogP contribution in [0, 0.1) is 0 Å². The molecule has 0 radical (unpaired) electrons. The number of carbonyl (C=O) groups excluding carboxylic acids is 2. The molecular weight excluding hydrogens is 408 g/mol. The molecule has 1 amide bonds. The second-order valence-electron chi connectivity index (χ2n) is 7.59. The summed E-state index contributed by atoms with van der Waals surface area (Å²) in [6, 6.07) is 14.1. The number of aromatic amines is 2. The van der Waals surface area contributed by atoms with Gasteiger partial charge in [-0.15, -0.1) is 0 Å². The second kappa shape index (κ2) is 9.47. The molecule has 0 saturated carbocycles. The number of para-hydroxylation sites is 2. The normalized spacial score (nSPS) is 12.0. The van der Waals surface area contributed by atoms with Gasteiger partial charge in [-0.05, 0) is 30.2 Å². The molecule has 2 aromatic heterocycles. The van der Waals surface area contributed by atoms with Crippen LogP contribution in [0.2, 0.25) is 0 Å². The number of carbonyl (C=O) groups is 2. The minimum atomic E-state index is -0.787. The molecule has 8 nitrogen and oxygen atoms in total. The summed E-state index contributed by atoms with van der Waals surface area (Å²) in [5, 5.41) is 4.31. The van der Waals surface area contributed by atoms with Gasteiger partial charge in [0.15, 0.2) is 0 Å². The summed E-state index contributed by atoms with van der Waals surface area (Å²) in [4.78, 5) is 47.3. The summed E-state index contributed by atoms with van der Waals surface area (Å²) >= 11 is 0. The van der Waals surface area contributed by atoms with Crippen molar-refractivity contribution < 1.29 is 14.3 Å². The Kier molecular flexibility index (Phi) is 6.30. The van der Waals surface area contributed by atoms with Gasteiger partial charge in [-0.1, -0.05) is 30.3 Å². The summed E-state index contributed by atoms with van der Waals surface area (Å²) in [5.74, 6) is -0.225. The van der Waals surface area contributed by atoms with Crippen molar-refractivity contribution in [2.45, 2.75) is 31.7 Å². The topological polar surface area (TPSA) is 117 Å². The Bertz CT molecular complexity index is 1320. The van der Waals surface area contributed by atoms with Gasteiger partial charge in [-0.3, -0.25) is 9.59 Å². The van der Waals surface area contributed by atoms with Crippen LogP contribution in [0.1, 0.15) is 24.2 Å². The quantitative estimate of drug-likeness (QED) is 0.370. The van der Waals surface area contributed by atoms with E-state index in [4.69, 9.17) is 4.74 Å². The summed E-state index contributed by atoms with van der Waals surface area (Å²) in [6.07, 6.45) is 3.28. The predicted octanol–water partition coefficient (Wildman–Crippen LogP) is 2.63. The standard InChI is InChI=1S/C24H24N4O4/c1-32-24(31)20(13-15-14-25-18-9-4-2-7-16(15)18)27-22(29)12-6-11-21-26-19-10-5-3-8-17(19)23(30)28-21/h2-5,7-10,14,20,25H,6,11-13H2,1H3,(H,27,29)(H,26,28,30)/t20-/m0/s1. The Hall–Kier alpha value is -3.94. The number of rotatable bonds is 8. The Balaban J connectivity index is 1.37. The summed E-state index contributed by atoms with van der Waals surface area (Å²) < 4.78 is 4.89. The number of fused-ring (bicyclic) bond motifs is 2. The van der Waals surface area contributed by atoms with E-state index >= 15 is 0 Å². The van der Waals surface area contributed by atoms with Crippen LogP contribution in [0.15, 0.2) is 59.5 Å². The smallest absolute Gasteiger partial charge is 0.328 e. The largest absolute Gasteiger partial charge is 0.467 e. The van der Waals surface area contributed by atoms with Crippen molar-refractivity contribution in [3.63, 3.8) is 0 Å². The molecule has 3 N–H and O–H groups in total. The van der Waals surface area contributed by atoms with Crippen molar-refractivity contribution >= 4 is 33.7 Å². The Morgan fingerprint density at radius 1 is 1.09 bits per heavy atom. The monoisotopic (exact) mass is 432 g/mol. The summed E-state index contributed by atoms with van der Waals surface area (Å²) in [7, 11) is 1.30. The summed E-state index contributed by atoms with van der Waals surface area (Å²) in [6.45, 7) is 0. The number of aryl methyl sites for hydroxylation is 1. The van der Waals surface area contributed by atoms with E-state index in [2.05, 4.69) is 20.3 Å². The number of benzene rings is 2. The first kappa shape index (κ1) is 21.3. The highest BCUT2D eigenvalue weighted by molar-refractivity contribution is 5.87. The van der Waals surface area contributed by atoms with E-state index in [1.54, 1.807) is 18.2 Å². The fourth-order valence-electron chi connectivity index (χ4n) is 3.79. The number of H-pyrrole nitrogens is 2. The zero-order chi connectivity index (χ0) is 22.5. The van der Waals surface area contributed by atoms with Crippen molar-refractivity contribution in [3.05, 3.63) is 76.5 Å².